The number of nitrogens with zero attached hydrogens (tertiary/aromatic N) is 1. The first-order valence-corrected chi connectivity index (χ1v) is 8.13. The smallest absolute Gasteiger partial charge is 0.277 e. The number of hydrogen-bond acceptors (Lipinski definition) is 6. The Labute approximate surface area is 151 Å². The Hall–Kier alpha value is -3.22. The highest BCUT2D eigenvalue weighted by molar-refractivity contribution is 6.04. The van der Waals surface area contributed by atoms with Crippen molar-refractivity contribution < 1.29 is 23.7 Å². The van der Waals surface area contributed by atoms with Crippen molar-refractivity contribution in [2.75, 3.05) is 27.4 Å². The van der Waals surface area contributed by atoms with E-state index in [-0.39, 0.29) is 12.5 Å². The molecule has 2 aromatic rings. The Morgan fingerprint density at radius 1 is 1.15 bits per heavy atom. The quantitative estimate of drug-likeness (QED) is 0.804. The summed E-state index contributed by atoms with van der Waals surface area (Å²) in [6.07, 6.45) is 0.594. The van der Waals surface area contributed by atoms with Crippen molar-refractivity contribution in [2.24, 2.45) is 5.10 Å². The summed E-state index contributed by atoms with van der Waals surface area (Å²) in [6.45, 7) is 0.327. The van der Waals surface area contributed by atoms with Crippen LogP contribution < -0.4 is 24.4 Å². The number of amides is 1. The molecule has 0 aliphatic carbocycles. The van der Waals surface area contributed by atoms with Crippen molar-refractivity contribution >= 4 is 11.6 Å². The molecule has 136 valence electrons. The number of para-hydroxylation sites is 1. The second-order valence-electron chi connectivity index (χ2n) is 5.50. The molecule has 0 saturated carbocycles. The molecular formula is C19H20N2O5. The Balaban J connectivity index is 1.62. The van der Waals surface area contributed by atoms with Gasteiger partial charge in [-0.25, -0.2) is 5.43 Å². The minimum atomic E-state index is -0.351. The number of hydrazone groups is 1. The summed E-state index contributed by atoms with van der Waals surface area (Å²) >= 11 is 0. The summed E-state index contributed by atoms with van der Waals surface area (Å²) in [4.78, 5) is 12.0. The van der Waals surface area contributed by atoms with Crippen LogP contribution in [0.2, 0.25) is 0 Å². The van der Waals surface area contributed by atoms with E-state index in [4.69, 9.17) is 18.9 Å². The predicted octanol–water partition coefficient (Wildman–Crippen LogP) is 2.39. The normalized spacial score (nSPS) is 14.2. The maximum absolute atomic E-state index is 12.0. The topological polar surface area (TPSA) is 78.4 Å². The van der Waals surface area contributed by atoms with Crippen molar-refractivity contribution in [2.45, 2.75) is 6.42 Å². The number of carbonyl (C=O) groups excluding carboxylic acids is 1. The number of ether oxygens (including phenoxy) is 4. The molecule has 0 bridgehead atoms. The molecule has 2 aromatic carbocycles. The van der Waals surface area contributed by atoms with Gasteiger partial charge in [0.1, 0.15) is 11.5 Å². The van der Waals surface area contributed by atoms with Gasteiger partial charge >= 0.3 is 0 Å². The van der Waals surface area contributed by atoms with Crippen molar-refractivity contribution in [1.82, 2.24) is 5.43 Å². The number of carbonyl (C=O) groups is 1. The van der Waals surface area contributed by atoms with Crippen LogP contribution in [0.15, 0.2) is 47.6 Å². The molecule has 1 heterocycles. The lowest BCUT2D eigenvalue weighted by molar-refractivity contribution is -0.123. The van der Waals surface area contributed by atoms with Crippen LogP contribution in [-0.4, -0.2) is 39.1 Å². The minimum Gasteiger partial charge on any atom is -0.497 e. The molecule has 0 atom stereocenters. The molecule has 26 heavy (non-hydrogen) atoms. The third-order valence-electron chi connectivity index (χ3n) is 3.82. The average Bonchev–Trinajstić information content (AvgIpc) is 2.70. The van der Waals surface area contributed by atoms with Crippen LogP contribution in [-0.2, 0) is 4.79 Å². The molecule has 0 aromatic heterocycles. The fourth-order valence-corrected chi connectivity index (χ4v) is 2.56. The van der Waals surface area contributed by atoms with Gasteiger partial charge in [0, 0.05) is 18.1 Å². The van der Waals surface area contributed by atoms with Gasteiger partial charge in [-0.2, -0.15) is 5.10 Å². The molecular weight excluding hydrogens is 336 g/mol. The highest BCUT2D eigenvalue weighted by atomic mass is 16.5. The molecule has 0 spiro atoms. The summed E-state index contributed by atoms with van der Waals surface area (Å²) in [5, 5.41) is 4.22. The van der Waals surface area contributed by atoms with Gasteiger partial charge in [-0.15, -0.1) is 0 Å². The van der Waals surface area contributed by atoms with E-state index in [1.807, 2.05) is 18.2 Å². The molecule has 7 heteroatoms. The average molecular weight is 356 g/mol. The summed E-state index contributed by atoms with van der Waals surface area (Å²) in [5.41, 5.74) is 4.07. The summed E-state index contributed by atoms with van der Waals surface area (Å²) in [7, 11) is 3.16. The summed E-state index contributed by atoms with van der Waals surface area (Å²) < 4.78 is 21.5. The molecule has 1 aliphatic heterocycles. The van der Waals surface area contributed by atoms with E-state index >= 15 is 0 Å². The standard InChI is InChI=1S/C19H20N2O5/c1-23-13-5-3-6-14(11-13)26-12-18(22)21-20-16-9-10-25-19-15(16)7-4-8-17(19)24-2/h3-8,11H,9-10,12H2,1-2H3,(H,21,22)/b20-16+. The van der Waals surface area contributed by atoms with E-state index in [1.165, 1.54) is 0 Å². The second kappa shape index (κ2) is 8.24. The van der Waals surface area contributed by atoms with Crippen LogP contribution in [0.25, 0.3) is 0 Å². The number of nitrogens with one attached hydrogen (secondary N) is 1. The van der Waals surface area contributed by atoms with Crippen molar-refractivity contribution in [3.63, 3.8) is 0 Å². The van der Waals surface area contributed by atoms with E-state index in [2.05, 4.69) is 10.5 Å². The number of hydrogen-bond donors (Lipinski definition) is 1. The monoisotopic (exact) mass is 356 g/mol. The van der Waals surface area contributed by atoms with Crippen molar-refractivity contribution in [1.29, 1.82) is 0 Å². The maximum Gasteiger partial charge on any atom is 0.277 e. The van der Waals surface area contributed by atoms with E-state index in [0.717, 1.165) is 11.3 Å². The largest absolute Gasteiger partial charge is 0.497 e. The SMILES string of the molecule is COc1cccc(OCC(=O)N/N=C2\CCOc3c(OC)cccc32)c1. The van der Waals surface area contributed by atoms with Gasteiger partial charge < -0.3 is 18.9 Å². The zero-order chi connectivity index (χ0) is 18.4. The lowest BCUT2D eigenvalue weighted by atomic mass is 10.0. The van der Waals surface area contributed by atoms with Crippen LogP contribution in [0.5, 0.6) is 23.0 Å². The van der Waals surface area contributed by atoms with Crippen LogP contribution >= 0.6 is 0 Å². The molecule has 0 radical (unpaired) electrons. The third kappa shape index (κ3) is 4.05. The van der Waals surface area contributed by atoms with Gasteiger partial charge in [0.15, 0.2) is 18.1 Å². The van der Waals surface area contributed by atoms with E-state index < -0.39 is 0 Å². The first-order valence-electron chi connectivity index (χ1n) is 8.13. The van der Waals surface area contributed by atoms with Gasteiger partial charge in [0.05, 0.1) is 26.5 Å². The minimum absolute atomic E-state index is 0.147. The van der Waals surface area contributed by atoms with Crippen molar-refractivity contribution in [3.05, 3.63) is 48.0 Å². The molecule has 3 rings (SSSR count). The highest BCUT2D eigenvalue weighted by Crippen LogP contribution is 2.34. The zero-order valence-electron chi connectivity index (χ0n) is 14.7. The van der Waals surface area contributed by atoms with Crippen LogP contribution in [0.3, 0.4) is 0 Å². The second-order valence-corrected chi connectivity index (χ2v) is 5.50. The fraction of sp³-hybridized carbons (Fsp3) is 0.263. The summed E-state index contributed by atoms with van der Waals surface area (Å²) in [5.74, 6) is 2.14. The van der Waals surface area contributed by atoms with E-state index in [0.29, 0.717) is 36.0 Å². The number of fused-ring (bicyclic) bond motifs is 1. The fourth-order valence-electron chi connectivity index (χ4n) is 2.56. The van der Waals surface area contributed by atoms with Crippen LogP contribution in [0, 0.1) is 0 Å². The molecule has 1 aliphatic rings. The molecule has 1 amide bonds. The van der Waals surface area contributed by atoms with Gasteiger partial charge in [0.2, 0.25) is 0 Å². The Morgan fingerprint density at radius 2 is 1.96 bits per heavy atom. The predicted molar refractivity (Wildman–Crippen MR) is 96.3 cm³/mol. The first kappa shape index (κ1) is 17.6. The summed E-state index contributed by atoms with van der Waals surface area (Å²) in [6, 6.07) is 12.6. The zero-order valence-corrected chi connectivity index (χ0v) is 14.7. The Bertz CT molecular complexity index is 819. The lowest BCUT2D eigenvalue weighted by Gasteiger charge is -2.20. The highest BCUT2D eigenvalue weighted by Gasteiger charge is 2.20. The number of benzene rings is 2. The number of methoxy groups -OCH3 is 2. The maximum atomic E-state index is 12.0. The van der Waals surface area contributed by atoms with Gasteiger partial charge in [-0.1, -0.05) is 12.1 Å². The van der Waals surface area contributed by atoms with Gasteiger partial charge in [-0.3, -0.25) is 4.79 Å². The van der Waals surface area contributed by atoms with Crippen LogP contribution in [0.1, 0.15) is 12.0 Å². The lowest BCUT2D eigenvalue weighted by Crippen LogP contribution is -2.27. The van der Waals surface area contributed by atoms with Gasteiger partial charge in [-0.05, 0) is 24.3 Å². The van der Waals surface area contributed by atoms with E-state index in [1.54, 1.807) is 38.5 Å². The molecule has 7 nitrogen and oxygen atoms in total. The number of rotatable bonds is 6. The molecule has 1 N–H and O–H groups in total. The Morgan fingerprint density at radius 3 is 2.77 bits per heavy atom. The molecule has 0 fully saturated rings. The third-order valence-corrected chi connectivity index (χ3v) is 3.82. The van der Waals surface area contributed by atoms with Gasteiger partial charge in [0.25, 0.3) is 5.91 Å². The Kier molecular flexibility index (Phi) is 5.58. The van der Waals surface area contributed by atoms with E-state index in [9.17, 15) is 4.79 Å². The van der Waals surface area contributed by atoms with Crippen molar-refractivity contribution in [3.8, 4) is 23.0 Å². The first-order chi connectivity index (χ1) is 12.7. The molecule has 0 unspecified atom stereocenters. The molecule has 0 saturated heterocycles. The van der Waals surface area contributed by atoms with Crippen LogP contribution in [0.4, 0.5) is 0 Å².